The lowest BCUT2D eigenvalue weighted by molar-refractivity contribution is 0.192. The zero-order valence-electron chi connectivity index (χ0n) is 7.61. The van der Waals surface area contributed by atoms with Crippen LogP contribution in [0.1, 0.15) is 39.0 Å². The lowest BCUT2D eigenvalue weighted by Gasteiger charge is -2.06. The summed E-state index contributed by atoms with van der Waals surface area (Å²) in [4.78, 5) is 0. The van der Waals surface area contributed by atoms with E-state index < -0.39 is 0 Å². The van der Waals surface area contributed by atoms with Crippen LogP contribution < -0.4 is 0 Å². The molecule has 2 heteroatoms. The molecule has 1 atom stereocenters. The van der Waals surface area contributed by atoms with Crippen LogP contribution in [0.15, 0.2) is 0 Å². The first-order chi connectivity index (χ1) is 5.31. The highest BCUT2D eigenvalue weighted by Gasteiger charge is 2.02. The Morgan fingerprint density at radius 1 is 1.27 bits per heavy atom. The number of rotatable bonds is 7. The highest BCUT2D eigenvalue weighted by molar-refractivity contribution is 6.20. The van der Waals surface area contributed by atoms with Crippen LogP contribution in [0.4, 0.5) is 0 Å². The van der Waals surface area contributed by atoms with Crippen LogP contribution in [0, 0.1) is 0 Å². The predicted molar refractivity (Wildman–Crippen MR) is 50.3 cm³/mol. The highest BCUT2D eigenvalue weighted by Crippen LogP contribution is 2.12. The van der Waals surface area contributed by atoms with Gasteiger partial charge in [-0.2, -0.15) is 0 Å². The van der Waals surface area contributed by atoms with E-state index in [9.17, 15) is 0 Å². The van der Waals surface area contributed by atoms with Crippen LogP contribution in [-0.2, 0) is 4.74 Å². The molecule has 1 nitrogen and oxygen atoms in total. The van der Waals surface area contributed by atoms with Gasteiger partial charge in [-0.25, -0.2) is 0 Å². The summed E-state index contributed by atoms with van der Waals surface area (Å²) in [5.41, 5.74) is 0. The van der Waals surface area contributed by atoms with E-state index in [-0.39, 0.29) is 0 Å². The summed E-state index contributed by atoms with van der Waals surface area (Å²) in [5.74, 6) is 0. The molecule has 1 unspecified atom stereocenters. The Hall–Kier alpha value is 0.250. The largest absolute Gasteiger partial charge is 0.385 e. The Balaban J connectivity index is 3.02. The van der Waals surface area contributed by atoms with Crippen molar-refractivity contribution in [3.63, 3.8) is 0 Å². The molecule has 0 aromatic carbocycles. The van der Waals surface area contributed by atoms with Gasteiger partial charge in [0.05, 0.1) is 0 Å². The maximum Gasteiger partial charge on any atom is 0.0462 e. The minimum atomic E-state index is 0.366. The van der Waals surface area contributed by atoms with Gasteiger partial charge in [0.2, 0.25) is 0 Å². The van der Waals surface area contributed by atoms with Crippen LogP contribution in [-0.4, -0.2) is 19.1 Å². The summed E-state index contributed by atoms with van der Waals surface area (Å²) >= 11 is 6.04. The normalized spacial score (nSPS) is 13.4. The Kier molecular flexibility index (Phi) is 8.54. The third kappa shape index (κ3) is 8.15. The molecule has 0 spiro atoms. The summed E-state index contributed by atoms with van der Waals surface area (Å²) in [6.45, 7) is 3.04. The highest BCUT2D eigenvalue weighted by atomic mass is 35.5. The number of hydrogen-bond acceptors (Lipinski definition) is 1. The molecule has 0 aliphatic heterocycles. The molecule has 0 aromatic rings. The minimum Gasteiger partial charge on any atom is -0.385 e. The van der Waals surface area contributed by atoms with Gasteiger partial charge in [0.15, 0.2) is 0 Å². The molecule has 0 N–H and O–H groups in total. The number of methoxy groups -OCH3 is 1. The van der Waals surface area contributed by atoms with Gasteiger partial charge in [-0.1, -0.05) is 19.8 Å². The Bertz CT molecular complexity index is 76.0. The zero-order chi connectivity index (χ0) is 8.53. The molecular weight excluding hydrogens is 160 g/mol. The topological polar surface area (TPSA) is 9.23 Å². The molecular formula is C9H19ClO. The van der Waals surface area contributed by atoms with E-state index in [1.165, 1.54) is 12.8 Å². The van der Waals surface area contributed by atoms with Gasteiger partial charge in [-0.3, -0.25) is 0 Å². The summed E-state index contributed by atoms with van der Waals surface area (Å²) in [5, 5.41) is 0.366. The fourth-order valence-corrected chi connectivity index (χ4v) is 1.33. The van der Waals surface area contributed by atoms with Crippen LogP contribution in [0.5, 0.6) is 0 Å². The molecule has 11 heavy (non-hydrogen) atoms. The monoisotopic (exact) mass is 178 g/mol. The van der Waals surface area contributed by atoms with Crippen molar-refractivity contribution in [2.45, 2.75) is 44.4 Å². The number of hydrogen-bond donors (Lipinski definition) is 0. The molecule has 0 aromatic heterocycles. The van der Waals surface area contributed by atoms with Crippen LogP contribution in [0.25, 0.3) is 0 Å². The third-order valence-corrected chi connectivity index (χ3v) is 2.17. The molecule has 0 rings (SSSR count). The van der Waals surface area contributed by atoms with Crippen LogP contribution in [0.2, 0.25) is 0 Å². The molecule has 0 bridgehead atoms. The first kappa shape index (κ1) is 11.2. The van der Waals surface area contributed by atoms with Gasteiger partial charge < -0.3 is 4.74 Å². The van der Waals surface area contributed by atoms with Crippen molar-refractivity contribution in [3.8, 4) is 0 Å². The molecule has 68 valence electrons. The van der Waals surface area contributed by atoms with E-state index in [1.54, 1.807) is 7.11 Å². The standard InChI is InChI=1S/C9H19ClO/c1-3-4-6-9(10)7-5-8-11-2/h9H,3-8H2,1-2H3. The summed E-state index contributed by atoms with van der Waals surface area (Å²) in [7, 11) is 1.73. The summed E-state index contributed by atoms with van der Waals surface area (Å²) < 4.78 is 4.94. The van der Waals surface area contributed by atoms with Crippen molar-refractivity contribution in [3.05, 3.63) is 0 Å². The van der Waals surface area contributed by atoms with E-state index in [0.717, 1.165) is 25.9 Å². The molecule has 0 saturated carbocycles. The first-order valence-corrected chi connectivity index (χ1v) is 4.88. The summed E-state index contributed by atoms with van der Waals surface area (Å²) in [6.07, 6.45) is 5.83. The number of ether oxygens (including phenoxy) is 1. The summed E-state index contributed by atoms with van der Waals surface area (Å²) in [6, 6.07) is 0. The van der Waals surface area contributed by atoms with Crippen molar-refractivity contribution < 1.29 is 4.74 Å². The van der Waals surface area contributed by atoms with Crippen molar-refractivity contribution in [1.29, 1.82) is 0 Å². The molecule has 0 fully saturated rings. The fraction of sp³-hybridized carbons (Fsp3) is 1.00. The number of halogens is 1. The van der Waals surface area contributed by atoms with Gasteiger partial charge >= 0.3 is 0 Å². The molecule has 0 heterocycles. The molecule has 0 radical (unpaired) electrons. The average Bonchev–Trinajstić information content (AvgIpc) is 2.01. The smallest absolute Gasteiger partial charge is 0.0462 e. The van der Waals surface area contributed by atoms with Crippen molar-refractivity contribution in [2.75, 3.05) is 13.7 Å². The molecule has 0 aliphatic carbocycles. The van der Waals surface area contributed by atoms with Crippen LogP contribution >= 0.6 is 11.6 Å². The second kappa shape index (κ2) is 8.35. The van der Waals surface area contributed by atoms with E-state index >= 15 is 0 Å². The van der Waals surface area contributed by atoms with Gasteiger partial charge in [-0.15, -0.1) is 11.6 Å². The second-order valence-corrected chi connectivity index (χ2v) is 3.49. The minimum absolute atomic E-state index is 0.366. The quantitative estimate of drug-likeness (QED) is 0.430. The molecule has 0 saturated heterocycles. The van der Waals surface area contributed by atoms with Gasteiger partial charge in [0.1, 0.15) is 0 Å². The second-order valence-electron chi connectivity index (χ2n) is 2.87. The number of alkyl halides is 1. The molecule has 0 amide bonds. The molecule has 0 aliphatic rings. The van der Waals surface area contributed by atoms with Crippen molar-refractivity contribution >= 4 is 11.6 Å². The van der Waals surface area contributed by atoms with Crippen molar-refractivity contribution in [1.82, 2.24) is 0 Å². The van der Waals surface area contributed by atoms with E-state index in [0.29, 0.717) is 5.38 Å². The predicted octanol–water partition coefficient (Wildman–Crippen LogP) is 3.21. The first-order valence-electron chi connectivity index (χ1n) is 4.44. The Labute approximate surface area is 75.1 Å². The average molecular weight is 179 g/mol. The fourth-order valence-electron chi connectivity index (χ4n) is 1.02. The van der Waals surface area contributed by atoms with Gasteiger partial charge in [0, 0.05) is 19.1 Å². The van der Waals surface area contributed by atoms with E-state index in [2.05, 4.69) is 6.92 Å². The van der Waals surface area contributed by atoms with Gasteiger partial charge in [-0.05, 0) is 19.3 Å². The van der Waals surface area contributed by atoms with Gasteiger partial charge in [0.25, 0.3) is 0 Å². The third-order valence-electron chi connectivity index (χ3n) is 1.74. The SMILES string of the molecule is CCCCC(Cl)CCCOC. The van der Waals surface area contributed by atoms with Crippen molar-refractivity contribution in [2.24, 2.45) is 0 Å². The van der Waals surface area contributed by atoms with Crippen LogP contribution in [0.3, 0.4) is 0 Å². The maximum absolute atomic E-state index is 6.04. The zero-order valence-corrected chi connectivity index (χ0v) is 8.36. The Morgan fingerprint density at radius 2 is 1.91 bits per heavy atom. The number of unbranched alkanes of at least 4 members (excludes halogenated alkanes) is 1. The van der Waals surface area contributed by atoms with E-state index in [1.807, 2.05) is 0 Å². The lowest BCUT2D eigenvalue weighted by atomic mass is 10.1. The van der Waals surface area contributed by atoms with E-state index in [4.69, 9.17) is 16.3 Å². The maximum atomic E-state index is 6.04. The lowest BCUT2D eigenvalue weighted by Crippen LogP contribution is -2.00. The Morgan fingerprint density at radius 3 is 2.45 bits per heavy atom.